The number of nitrogens with one attached hydrogen (secondary N) is 1. The maximum atomic E-state index is 13.4. The molecule has 2 heterocycles. The molecule has 3 rings (SSSR count). The highest BCUT2D eigenvalue weighted by molar-refractivity contribution is 5.74. The number of amides is 2. The van der Waals surface area contributed by atoms with Crippen molar-refractivity contribution in [1.82, 2.24) is 10.2 Å². The number of nitrogens with zero attached hydrogens (tertiary/aromatic N) is 2. The number of hydrogen-bond acceptors (Lipinski definition) is 3. The van der Waals surface area contributed by atoms with Crippen LogP contribution in [0.4, 0.5) is 19.3 Å². The van der Waals surface area contributed by atoms with Crippen LogP contribution in [0.3, 0.4) is 0 Å². The molecule has 1 aromatic carbocycles. The molecule has 2 aliphatic heterocycles. The molecule has 2 N–H and O–H groups in total. The Labute approximate surface area is 146 Å². The number of aliphatic hydroxyl groups excluding tert-OH is 1. The fraction of sp³-hybridized carbons (Fsp3) is 0.611. The van der Waals surface area contributed by atoms with Crippen molar-refractivity contribution in [2.45, 2.75) is 19.3 Å². The van der Waals surface area contributed by atoms with E-state index < -0.39 is 11.6 Å². The molecule has 1 aromatic rings. The average molecular weight is 353 g/mol. The van der Waals surface area contributed by atoms with E-state index in [1.807, 2.05) is 4.90 Å². The van der Waals surface area contributed by atoms with Crippen LogP contribution < -0.4 is 10.2 Å². The molecule has 2 saturated heterocycles. The maximum Gasteiger partial charge on any atom is 0.317 e. The molecule has 0 radical (unpaired) electrons. The van der Waals surface area contributed by atoms with Gasteiger partial charge in [-0.2, -0.15) is 0 Å². The van der Waals surface area contributed by atoms with Crippen molar-refractivity contribution in [3.8, 4) is 0 Å². The lowest BCUT2D eigenvalue weighted by Gasteiger charge is -2.32. The van der Waals surface area contributed by atoms with Gasteiger partial charge in [0.2, 0.25) is 0 Å². The second-order valence-corrected chi connectivity index (χ2v) is 7.02. The molecule has 138 valence electrons. The predicted molar refractivity (Wildman–Crippen MR) is 91.5 cm³/mol. The van der Waals surface area contributed by atoms with Crippen molar-refractivity contribution in [2.24, 2.45) is 11.8 Å². The highest BCUT2D eigenvalue weighted by Crippen LogP contribution is 2.25. The molecule has 2 unspecified atom stereocenters. The first kappa shape index (κ1) is 17.9. The molecule has 2 fully saturated rings. The van der Waals surface area contributed by atoms with Crippen molar-refractivity contribution in [1.29, 1.82) is 0 Å². The van der Waals surface area contributed by atoms with Gasteiger partial charge in [0.05, 0.1) is 0 Å². The number of rotatable bonds is 4. The zero-order valence-electron chi connectivity index (χ0n) is 14.3. The smallest absolute Gasteiger partial charge is 0.317 e. The summed E-state index contributed by atoms with van der Waals surface area (Å²) in [6, 6.07) is 3.87. The molecule has 0 aliphatic carbocycles. The van der Waals surface area contributed by atoms with Gasteiger partial charge in [-0.3, -0.25) is 0 Å². The van der Waals surface area contributed by atoms with E-state index in [4.69, 9.17) is 0 Å². The SMILES string of the molecule is O=C(NCC1CCN(c2ccc(F)c(F)c2)C1)N1CCCC(CO)C1. The van der Waals surface area contributed by atoms with E-state index in [-0.39, 0.29) is 24.5 Å². The van der Waals surface area contributed by atoms with Crippen LogP contribution in [0.1, 0.15) is 19.3 Å². The fourth-order valence-electron chi connectivity index (χ4n) is 3.66. The number of aliphatic hydroxyl groups is 1. The van der Waals surface area contributed by atoms with Gasteiger partial charge in [-0.05, 0) is 43.2 Å². The van der Waals surface area contributed by atoms with E-state index in [1.54, 1.807) is 11.0 Å². The highest BCUT2D eigenvalue weighted by atomic mass is 19.2. The zero-order chi connectivity index (χ0) is 17.8. The molecular formula is C18H25F2N3O2. The van der Waals surface area contributed by atoms with Crippen LogP contribution in [0.15, 0.2) is 18.2 Å². The molecule has 0 bridgehead atoms. The van der Waals surface area contributed by atoms with Gasteiger partial charge in [0.25, 0.3) is 0 Å². The normalized spacial score (nSPS) is 23.8. The number of urea groups is 1. The Morgan fingerprint density at radius 2 is 2.00 bits per heavy atom. The Hall–Kier alpha value is -1.89. The Kier molecular flexibility index (Phi) is 5.73. The minimum Gasteiger partial charge on any atom is -0.396 e. The third-order valence-electron chi connectivity index (χ3n) is 5.16. The van der Waals surface area contributed by atoms with Crippen LogP contribution in [0, 0.1) is 23.5 Å². The first-order valence-corrected chi connectivity index (χ1v) is 8.90. The van der Waals surface area contributed by atoms with E-state index in [0.29, 0.717) is 25.3 Å². The number of piperidine rings is 1. The molecule has 0 spiro atoms. The van der Waals surface area contributed by atoms with E-state index in [2.05, 4.69) is 5.32 Å². The highest BCUT2D eigenvalue weighted by Gasteiger charge is 2.26. The van der Waals surface area contributed by atoms with Gasteiger partial charge in [0.1, 0.15) is 0 Å². The molecule has 2 atom stereocenters. The van der Waals surface area contributed by atoms with E-state index >= 15 is 0 Å². The van der Waals surface area contributed by atoms with Crippen molar-refractivity contribution in [2.75, 3.05) is 44.2 Å². The summed E-state index contributed by atoms with van der Waals surface area (Å²) in [4.78, 5) is 16.1. The number of halogens is 2. The number of anilines is 1. The lowest BCUT2D eigenvalue weighted by atomic mass is 9.99. The summed E-state index contributed by atoms with van der Waals surface area (Å²) in [6.07, 6.45) is 2.79. The van der Waals surface area contributed by atoms with Gasteiger partial charge in [-0.15, -0.1) is 0 Å². The lowest BCUT2D eigenvalue weighted by molar-refractivity contribution is 0.129. The van der Waals surface area contributed by atoms with Gasteiger partial charge >= 0.3 is 6.03 Å². The van der Waals surface area contributed by atoms with E-state index in [0.717, 1.165) is 38.4 Å². The molecule has 0 saturated carbocycles. The fourth-order valence-corrected chi connectivity index (χ4v) is 3.66. The van der Waals surface area contributed by atoms with Crippen molar-refractivity contribution >= 4 is 11.7 Å². The Morgan fingerprint density at radius 3 is 2.76 bits per heavy atom. The third kappa shape index (κ3) is 4.39. The lowest BCUT2D eigenvalue weighted by Crippen LogP contribution is -2.47. The van der Waals surface area contributed by atoms with Gasteiger partial charge in [0, 0.05) is 51.1 Å². The largest absolute Gasteiger partial charge is 0.396 e. The first-order chi connectivity index (χ1) is 12.1. The molecular weight excluding hydrogens is 328 g/mol. The number of carbonyl (C=O) groups is 1. The number of benzene rings is 1. The van der Waals surface area contributed by atoms with Crippen LogP contribution in [0.5, 0.6) is 0 Å². The Morgan fingerprint density at radius 1 is 1.16 bits per heavy atom. The third-order valence-corrected chi connectivity index (χ3v) is 5.16. The van der Waals surface area contributed by atoms with Gasteiger partial charge < -0.3 is 20.2 Å². The molecule has 2 amide bonds. The molecule has 0 aromatic heterocycles. The number of likely N-dealkylation sites (tertiary alicyclic amines) is 1. The summed E-state index contributed by atoms with van der Waals surface area (Å²) in [6.45, 7) is 3.50. The predicted octanol–water partition coefficient (Wildman–Crippen LogP) is 2.21. The second-order valence-electron chi connectivity index (χ2n) is 7.02. The summed E-state index contributed by atoms with van der Waals surface area (Å²) in [7, 11) is 0. The Bertz CT molecular complexity index is 614. The zero-order valence-corrected chi connectivity index (χ0v) is 14.3. The van der Waals surface area contributed by atoms with E-state index in [9.17, 15) is 18.7 Å². The van der Waals surface area contributed by atoms with Gasteiger partial charge in [-0.25, -0.2) is 13.6 Å². The number of carbonyl (C=O) groups excluding carboxylic acids is 1. The summed E-state index contributed by atoms with van der Waals surface area (Å²) >= 11 is 0. The van der Waals surface area contributed by atoms with Crippen LogP contribution in [-0.4, -0.2) is 55.4 Å². The van der Waals surface area contributed by atoms with Crippen LogP contribution in [-0.2, 0) is 0 Å². The van der Waals surface area contributed by atoms with Crippen LogP contribution in [0.25, 0.3) is 0 Å². The summed E-state index contributed by atoms with van der Waals surface area (Å²) in [5.41, 5.74) is 0.676. The summed E-state index contributed by atoms with van der Waals surface area (Å²) in [5, 5.41) is 12.2. The number of hydrogen-bond donors (Lipinski definition) is 2. The summed E-state index contributed by atoms with van der Waals surface area (Å²) < 4.78 is 26.4. The maximum absolute atomic E-state index is 13.4. The quantitative estimate of drug-likeness (QED) is 0.873. The van der Waals surface area contributed by atoms with Crippen molar-refractivity contribution in [3.05, 3.63) is 29.8 Å². The minimum absolute atomic E-state index is 0.0792. The standard InChI is InChI=1S/C18H25F2N3O2/c19-16-4-3-15(8-17(16)20)22-7-5-13(10-22)9-21-18(25)23-6-1-2-14(11-23)12-24/h3-4,8,13-14,24H,1-2,5-7,9-12H2,(H,21,25). The molecule has 2 aliphatic rings. The van der Waals surface area contributed by atoms with Crippen LogP contribution >= 0.6 is 0 Å². The summed E-state index contributed by atoms with van der Waals surface area (Å²) in [5.74, 6) is -1.21. The minimum atomic E-state index is -0.838. The molecule has 25 heavy (non-hydrogen) atoms. The topological polar surface area (TPSA) is 55.8 Å². The van der Waals surface area contributed by atoms with Crippen molar-refractivity contribution < 1.29 is 18.7 Å². The second kappa shape index (κ2) is 7.99. The van der Waals surface area contributed by atoms with Crippen molar-refractivity contribution in [3.63, 3.8) is 0 Å². The Balaban J connectivity index is 1.46. The van der Waals surface area contributed by atoms with Gasteiger partial charge in [0.15, 0.2) is 11.6 Å². The molecule has 5 nitrogen and oxygen atoms in total. The first-order valence-electron chi connectivity index (χ1n) is 8.90. The average Bonchev–Trinajstić information content (AvgIpc) is 3.11. The monoisotopic (exact) mass is 353 g/mol. The molecule has 7 heteroatoms. The van der Waals surface area contributed by atoms with E-state index in [1.165, 1.54) is 6.07 Å². The van der Waals surface area contributed by atoms with Crippen LogP contribution in [0.2, 0.25) is 0 Å². The van der Waals surface area contributed by atoms with Gasteiger partial charge in [-0.1, -0.05) is 0 Å².